The summed E-state index contributed by atoms with van der Waals surface area (Å²) in [6, 6.07) is 5.55. The van der Waals surface area contributed by atoms with E-state index in [4.69, 9.17) is 0 Å². The van der Waals surface area contributed by atoms with E-state index in [2.05, 4.69) is 9.82 Å². The third-order valence-electron chi connectivity index (χ3n) is 2.77. The normalized spacial score (nSPS) is 12.5. The van der Waals surface area contributed by atoms with E-state index in [1.165, 1.54) is 6.07 Å². The zero-order valence-electron chi connectivity index (χ0n) is 11.8. The first-order chi connectivity index (χ1) is 10.1. The molecule has 0 fully saturated rings. The first-order valence-corrected chi connectivity index (χ1v) is 9.09. The number of halogens is 1. The van der Waals surface area contributed by atoms with Gasteiger partial charge in [-0.1, -0.05) is 6.07 Å². The van der Waals surface area contributed by atoms with Gasteiger partial charge in [0.05, 0.1) is 9.79 Å². The first kappa shape index (κ1) is 16.4. The molecule has 0 aliphatic heterocycles. The highest BCUT2D eigenvalue weighted by atomic mass is 32.3. The molecule has 0 radical (unpaired) electrons. The van der Waals surface area contributed by atoms with Crippen LogP contribution in [0.15, 0.2) is 46.3 Å². The predicted octanol–water partition coefficient (Wildman–Crippen LogP) is 1.92. The lowest BCUT2D eigenvalue weighted by Gasteiger charge is -2.07. The Kier molecular flexibility index (Phi) is 4.25. The summed E-state index contributed by atoms with van der Waals surface area (Å²) < 4.78 is 62.8. The summed E-state index contributed by atoms with van der Waals surface area (Å²) in [4.78, 5) is -1.09. The smallest absolute Gasteiger partial charge is 0.268 e. The number of anilines is 1. The molecule has 1 aromatic heterocycles. The molecular weight excluding hydrogens is 333 g/mol. The fraction of sp³-hybridized carbons (Fsp3) is 0.250. The first-order valence-electron chi connectivity index (χ1n) is 6.22. The molecule has 0 bridgehead atoms. The monoisotopic (exact) mass is 347 g/mol. The standard InChI is InChI=1S/C12H14FN3O4S2/c1-9(2)16-7-6-12(14-16)15-22(19,20)11-5-3-4-10(8-11)21(13,17)18/h3-9H,1-2H3,(H,14,15). The van der Waals surface area contributed by atoms with Gasteiger partial charge in [0.25, 0.3) is 10.0 Å². The second-order valence-electron chi connectivity index (χ2n) is 4.79. The fourth-order valence-electron chi connectivity index (χ4n) is 1.67. The zero-order valence-corrected chi connectivity index (χ0v) is 13.4. The van der Waals surface area contributed by atoms with Crippen molar-refractivity contribution in [3.63, 3.8) is 0 Å². The second-order valence-corrected chi connectivity index (χ2v) is 7.82. The molecule has 0 amide bonds. The van der Waals surface area contributed by atoms with Crippen molar-refractivity contribution >= 4 is 26.1 Å². The van der Waals surface area contributed by atoms with E-state index < -0.39 is 25.1 Å². The van der Waals surface area contributed by atoms with Crippen LogP contribution in [0.2, 0.25) is 0 Å². The van der Waals surface area contributed by atoms with Crippen LogP contribution in [0.25, 0.3) is 0 Å². The average molecular weight is 347 g/mol. The van der Waals surface area contributed by atoms with Crippen LogP contribution in [-0.4, -0.2) is 26.6 Å². The molecule has 0 spiro atoms. The molecule has 0 aliphatic carbocycles. The summed E-state index contributed by atoms with van der Waals surface area (Å²) >= 11 is 0. The highest BCUT2D eigenvalue weighted by Gasteiger charge is 2.20. The number of sulfonamides is 1. The molecule has 0 saturated carbocycles. The molecule has 2 rings (SSSR count). The van der Waals surface area contributed by atoms with Gasteiger partial charge in [-0.25, -0.2) is 8.42 Å². The Morgan fingerprint density at radius 3 is 2.32 bits per heavy atom. The summed E-state index contributed by atoms with van der Waals surface area (Å²) in [5, 5.41) is 4.03. The summed E-state index contributed by atoms with van der Waals surface area (Å²) in [7, 11) is -9.04. The summed E-state index contributed by atoms with van der Waals surface area (Å²) in [5.41, 5.74) is 0. The van der Waals surface area contributed by atoms with Gasteiger partial charge in [-0.3, -0.25) is 9.40 Å². The van der Waals surface area contributed by atoms with E-state index in [1.807, 2.05) is 13.8 Å². The van der Waals surface area contributed by atoms with Crippen LogP contribution in [0.4, 0.5) is 9.70 Å². The van der Waals surface area contributed by atoms with Gasteiger partial charge in [0.1, 0.15) is 0 Å². The van der Waals surface area contributed by atoms with Gasteiger partial charge < -0.3 is 0 Å². The van der Waals surface area contributed by atoms with E-state index in [9.17, 15) is 20.7 Å². The molecule has 10 heteroatoms. The van der Waals surface area contributed by atoms with E-state index in [-0.39, 0.29) is 16.8 Å². The van der Waals surface area contributed by atoms with E-state index in [1.54, 1.807) is 10.9 Å². The van der Waals surface area contributed by atoms with Crippen LogP contribution in [0, 0.1) is 0 Å². The summed E-state index contributed by atoms with van der Waals surface area (Å²) in [6.07, 6.45) is 1.60. The fourth-order valence-corrected chi connectivity index (χ4v) is 3.30. The molecule has 120 valence electrons. The highest BCUT2D eigenvalue weighted by molar-refractivity contribution is 7.92. The van der Waals surface area contributed by atoms with Crippen LogP contribution < -0.4 is 4.72 Å². The summed E-state index contributed by atoms with van der Waals surface area (Å²) in [6.45, 7) is 3.75. The lowest BCUT2D eigenvalue weighted by molar-refractivity contribution is 0.534. The summed E-state index contributed by atoms with van der Waals surface area (Å²) in [5.74, 6) is 0.0854. The molecule has 22 heavy (non-hydrogen) atoms. The topological polar surface area (TPSA) is 98.1 Å². The SMILES string of the molecule is CC(C)n1ccc(NS(=O)(=O)c2cccc(S(=O)(=O)F)c2)n1. The van der Waals surface area contributed by atoms with Crippen molar-refractivity contribution in [2.45, 2.75) is 29.7 Å². The number of hydrogen-bond acceptors (Lipinski definition) is 5. The van der Waals surface area contributed by atoms with Gasteiger partial charge in [0, 0.05) is 18.3 Å². The maximum atomic E-state index is 12.9. The predicted molar refractivity (Wildman–Crippen MR) is 78.2 cm³/mol. The maximum Gasteiger partial charge on any atom is 0.332 e. The average Bonchev–Trinajstić information content (AvgIpc) is 2.86. The molecule has 1 heterocycles. The molecule has 0 aliphatic rings. The van der Waals surface area contributed by atoms with Crippen LogP contribution in [0.1, 0.15) is 19.9 Å². The Labute approximate surface area is 128 Å². The number of benzene rings is 1. The number of nitrogens with one attached hydrogen (secondary N) is 1. The van der Waals surface area contributed by atoms with Crippen molar-refractivity contribution in [1.29, 1.82) is 0 Å². The number of hydrogen-bond donors (Lipinski definition) is 1. The molecule has 0 saturated heterocycles. The third-order valence-corrected chi connectivity index (χ3v) is 4.94. The molecule has 7 nitrogen and oxygen atoms in total. The minimum absolute atomic E-state index is 0.0539. The largest absolute Gasteiger partial charge is 0.332 e. The molecule has 1 aromatic carbocycles. The number of nitrogens with zero attached hydrogens (tertiary/aromatic N) is 2. The number of aromatic nitrogens is 2. The van der Waals surface area contributed by atoms with Gasteiger partial charge in [-0.15, -0.1) is 3.89 Å². The van der Waals surface area contributed by atoms with Gasteiger partial charge in [0.2, 0.25) is 0 Å². The van der Waals surface area contributed by atoms with Crippen LogP contribution in [0.5, 0.6) is 0 Å². The highest BCUT2D eigenvalue weighted by Crippen LogP contribution is 2.20. The Bertz CT molecular complexity index is 889. The number of rotatable bonds is 5. The molecular formula is C12H14FN3O4S2. The Balaban J connectivity index is 2.34. The van der Waals surface area contributed by atoms with Crippen molar-refractivity contribution in [3.05, 3.63) is 36.5 Å². The van der Waals surface area contributed by atoms with Crippen molar-refractivity contribution in [1.82, 2.24) is 9.78 Å². The minimum atomic E-state index is -4.98. The van der Waals surface area contributed by atoms with Crippen molar-refractivity contribution in [3.8, 4) is 0 Å². The Morgan fingerprint density at radius 1 is 1.14 bits per heavy atom. The second kappa shape index (κ2) is 5.69. The Morgan fingerprint density at radius 2 is 1.77 bits per heavy atom. The van der Waals surface area contributed by atoms with Gasteiger partial charge in [-0.05, 0) is 32.0 Å². The van der Waals surface area contributed by atoms with Crippen LogP contribution in [0.3, 0.4) is 0 Å². The van der Waals surface area contributed by atoms with Crippen molar-refractivity contribution in [2.75, 3.05) is 4.72 Å². The van der Waals surface area contributed by atoms with Gasteiger partial charge in [0.15, 0.2) is 5.82 Å². The zero-order chi connectivity index (χ0) is 16.5. The molecule has 2 aromatic rings. The van der Waals surface area contributed by atoms with E-state index >= 15 is 0 Å². The lowest BCUT2D eigenvalue weighted by Crippen LogP contribution is -2.14. The molecule has 1 N–H and O–H groups in total. The molecule has 0 unspecified atom stereocenters. The molecule has 0 atom stereocenters. The van der Waals surface area contributed by atoms with Gasteiger partial charge in [-0.2, -0.15) is 13.5 Å². The van der Waals surface area contributed by atoms with E-state index in [0.29, 0.717) is 0 Å². The van der Waals surface area contributed by atoms with Crippen molar-refractivity contribution < 1.29 is 20.7 Å². The van der Waals surface area contributed by atoms with E-state index in [0.717, 1.165) is 24.3 Å². The quantitative estimate of drug-likeness (QED) is 0.833. The van der Waals surface area contributed by atoms with Gasteiger partial charge >= 0.3 is 10.2 Å². The van der Waals surface area contributed by atoms with Crippen LogP contribution >= 0.6 is 0 Å². The minimum Gasteiger partial charge on any atom is -0.268 e. The third kappa shape index (κ3) is 3.63. The Hall–Kier alpha value is -1.94. The van der Waals surface area contributed by atoms with Crippen molar-refractivity contribution in [2.24, 2.45) is 0 Å². The maximum absolute atomic E-state index is 12.9. The van der Waals surface area contributed by atoms with Crippen LogP contribution in [-0.2, 0) is 20.2 Å². The lowest BCUT2D eigenvalue weighted by atomic mass is 10.4.